The summed E-state index contributed by atoms with van der Waals surface area (Å²) in [5.41, 5.74) is -2.40. The SMILES string of the molecule is COc1ccc2c(OC3CC4C(=O)NC5(C(=O)NS(=O)(=O)C6CC6)CC5C=CCOC(C)CC(C)C(NC(=O)OC(C)(C)C)C(=O)N4C3)nccc2c1. The number of benzene rings is 1. The lowest BCUT2D eigenvalue weighted by atomic mass is 9.94. The van der Waals surface area contributed by atoms with Gasteiger partial charge in [-0.25, -0.2) is 18.2 Å². The van der Waals surface area contributed by atoms with Crippen LogP contribution in [0, 0.1) is 11.8 Å². The van der Waals surface area contributed by atoms with Gasteiger partial charge in [0.25, 0.3) is 5.91 Å². The summed E-state index contributed by atoms with van der Waals surface area (Å²) in [6, 6.07) is 4.98. The summed E-state index contributed by atoms with van der Waals surface area (Å²) >= 11 is 0. The zero-order valence-electron chi connectivity index (χ0n) is 30.9. The number of ether oxygens (including phenoxy) is 4. The van der Waals surface area contributed by atoms with Gasteiger partial charge in [0.05, 0.1) is 31.6 Å². The van der Waals surface area contributed by atoms with Crippen LogP contribution in [0.3, 0.4) is 0 Å². The van der Waals surface area contributed by atoms with E-state index in [9.17, 15) is 27.6 Å². The highest BCUT2D eigenvalue weighted by Gasteiger charge is 2.62. The molecule has 7 atom stereocenters. The van der Waals surface area contributed by atoms with Gasteiger partial charge in [0.2, 0.25) is 27.7 Å². The zero-order chi connectivity index (χ0) is 38.3. The van der Waals surface area contributed by atoms with Crippen LogP contribution in [0.15, 0.2) is 42.6 Å². The van der Waals surface area contributed by atoms with Gasteiger partial charge in [-0.2, -0.15) is 0 Å². The van der Waals surface area contributed by atoms with Crippen LogP contribution in [0.1, 0.15) is 66.7 Å². The molecule has 6 rings (SSSR count). The van der Waals surface area contributed by atoms with Crippen LogP contribution < -0.4 is 24.8 Å². The lowest BCUT2D eigenvalue weighted by Gasteiger charge is -2.33. The highest BCUT2D eigenvalue weighted by atomic mass is 32.2. The Hall–Kier alpha value is -4.44. The van der Waals surface area contributed by atoms with Crippen LogP contribution in [0.5, 0.6) is 11.6 Å². The number of nitrogens with zero attached hydrogens (tertiary/aromatic N) is 2. The highest BCUT2D eigenvalue weighted by molar-refractivity contribution is 7.91. The predicted octanol–water partition coefficient (Wildman–Crippen LogP) is 2.97. The second-order valence-corrected chi connectivity index (χ2v) is 17.5. The van der Waals surface area contributed by atoms with Crippen molar-refractivity contribution in [2.75, 3.05) is 20.3 Å². The van der Waals surface area contributed by atoms with Crippen molar-refractivity contribution in [3.05, 3.63) is 42.6 Å². The smallest absolute Gasteiger partial charge is 0.408 e. The van der Waals surface area contributed by atoms with Crippen LogP contribution in [0.4, 0.5) is 4.79 Å². The molecule has 4 aliphatic rings. The van der Waals surface area contributed by atoms with Crippen LogP contribution in [-0.4, -0.2) is 103 Å². The van der Waals surface area contributed by atoms with Gasteiger partial charge in [-0.3, -0.25) is 19.1 Å². The second-order valence-electron chi connectivity index (χ2n) is 15.5. The van der Waals surface area contributed by atoms with E-state index in [1.165, 1.54) is 4.90 Å². The van der Waals surface area contributed by atoms with Crippen molar-refractivity contribution in [2.45, 2.75) is 107 Å². The summed E-state index contributed by atoms with van der Waals surface area (Å²) in [6.45, 7) is 8.94. The van der Waals surface area contributed by atoms with Crippen LogP contribution >= 0.6 is 0 Å². The molecule has 0 bridgehead atoms. The molecule has 2 aromatic rings. The van der Waals surface area contributed by atoms with E-state index in [0.29, 0.717) is 36.3 Å². The number of rotatable bonds is 7. The third-order valence-corrected chi connectivity index (χ3v) is 11.9. The van der Waals surface area contributed by atoms with Gasteiger partial charge in [-0.15, -0.1) is 0 Å². The average molecular weight is 756 g/mol. The fraction of sp³-hybridized carbons (Fsp3) is 0.595. The third-order valence-electron chi connectivity index (χ3n) is 10.1. The summed E-state index contributed by atoms with van der Waals surface area (Å²) in [5.74, 6) is -2.07. The number of methoxy groups -OCH3 is 1. The van der Waals surface area contributed by atoms with E-state index in [1.807, 2.05) is 32.0 Å². The van der Waals surface area contributed by atoms with Crippen molar-refractivity contribution >= 4 is 44.6 Å². The van der Waals surface area contributed by atoms with Crippen molar-refractivity contribution in [1.82, 2.24) is 25.2 Å². The highest BCUT2D eigenvalue weighted by Crippen LogP contribution is 2.46. The number of alkyl carbamates (subject to hydrolysis) is 1. The van der Waals surface area contributed by atoms with Gasteiger partial charge in [0.15, 0.2) is 0 Å². The summed E-state index contributed by atoms with van der Waals surface area (Å²) in [4.78, 5) is 61.7. The predicted molar refractivity (Wildman–Crippen MR) is 193 cm³/mol. The molecule has 2 aliphatic heterocycles. The first kappa shape index (κ1) is 38.3. The Morgan fingerprint density at radius 2 is 1.87 bits per heavy atom. The first-order chi connectivity index (χ1) is 25.0. The number of aromatic nitrogens is 1. The van der Waals surface area contributed by atoms with Gasteiger partial charge in [0.1, 0.15) is 35.1 Å². The van der Waals surface area contributed by atoms with Crippen molar-refractivity contribution in [2.24, 2.45) is 11.8 Å². The monoisotopic (exact) mass is 755 g/mol. The Morgan fingerprint density at radius 1 is 1.11 bits per heavy atom. The van der Waals surface area contributed by atoms with Crippen molar-refractivity contribution in [3.63, 3.8) is 0 Å². The maximum absolute atomic E-state index is 14.7. The number of fused-ring (bicyclic) bond motifs is 3. The van der Waals surface area contributed by atoms with E-state index in [1.54, 1.807) is 52.3 Å². The fourth-order valence-corrected chi connectivity index (χ4v) is 8.44. The molecule has 16 heteroatoms. The van der Waals surface area contributed by atoms with E-state index in [2.05, 4.69) is 20.3 Å². The minimum Gasteiger partial charge on any atom is -0.497 e. The van der Waals surface area contributed by atoms with E-state index in [4.69, 9.17) is 18.9 Å². The maximum Gasteiger partial charge on any atom is 0.408 e. The maximum atomic E-state index is 14.7. The van der Waals surface area contributed by atoms with Crippen molar-refractivity contribution < 1.29 is 46.5 Å². The Labute approximate surface area is 309 Å². The lowest BCUT2D eigenvalue weighted by Crippen LogP contribution is -2.59. The quantitative estimate of drug-likeness (QED) is 0.352. The summed E-state index contributed by atoms with van der Waals surface area (Å²) in [5, 5.41) is 6.45. The Bertz CT molecular complexity index is 1890. The molecular weight excluding hydrogens is 706 g/mol. The lowest BCUT2D eigenvalue weighted by molar-refractivity contribution is -0.142. The topological polar surface area (TPSA) is 192 Å². The largest absolute Gasteiger partial charge is 0.497 e. The van der Waals surface area contributed by atoms with Crippen molar-refractivity contribution in [1.29, 1.82) is 0 Å². The summed E-state index contributed by atoms with van der Waals surface area (Å²) in [7, 11) is -2.35. The number of carbonyl (C=O) groups is 4. The van der Waals surface area contributed by atoms with Crippen LogP contribution in [-0.2, 0) is 33.9 Å². The third kappa shape index (κ3) is 8.69. The number of amides is 4. The van der Waals surface area contributed by atoms with E-state index in [0.717, 1.165) is 5.39 Å². The number of hydrogen-bond donors (Lipinski definition) is 3. The normalized spacial score (nSPS) is 29.5. The van der Waals surface area contributed by atoms with Gasteiger partial charge >= 0.3 is 6.09 Å². The van der Waals surface area contributed by atoms with Crippen LogP contribution in [0.2, 0.25) is 0 Å². The van der Waals surface area contributed by atoms with Gasteiger partial charge < -0.3 is 34.5 Å². The number of carbonyl (C=O) groups excluding carboxylic acids is 4. The molecular formula is C37H49N5O10S. The Kier molecular flexibility index (Phi) is 10.7. The summed E-state index contributed by atoms with van der Waals surface area (Å²) in [6.07, 6.45) is 4.69. The molecule has 3 N–H and O–H groups in total. The Balaban J connectivity index is 1.34. The van der Waals surface area contributed by atoms with E-state index >= 15 is 0 Å². The molecule has 3 fully saturated rings. The number of pyridine rings is 1. The van der Waals surface area contributed by atoms with Gasteiger partial charge in [-0.05, 0) is 88.9 Å². The molecule has 1 aromatic carbocycles. The molecule has 15 nitrogen and oxygen atoms in total. The summed E-state index contributed by atoms with van der Waals surface area (Å²) < 4.78 is 51.2. The first-order valence-corrected chi connectivity index (χ1v) is 19.6. The Morgan fingerprint density at radius 3 is 2.57 bits per heavy atom. The van der Waals surface area contributed by atoms with Gasteiger partial charge in [0, 0.05) is 23.9 Å². The molecule has 0 radical (unpaired) electrons. The molecule has 1 aromatic heterocycles. The number of hydrogen-bond acceptors (Lipinski definition) is 11. The number of nitrogens with one attached hydrogen (secondary N) is 3. The van der Waals surface area contributed by atoms with Gasteiger partial charge in [-0.1, -0.05) is 19.1 Å². The molecule has 7 unspecified atom stereocenters. The molecule has 2 saturated carbocycles. The first-order valence-electron chi connectivity index (χ1n) is 18.1. The molecule has 4 amide bonds. The molecule has 53 heavy (non-hydrogen) atoms. The van der Waals surface area contributed by atoms with Crippen LogP contribution in [0.25, 0.3) is 10.8 Å². The number of sulfonamides is 1. The second kappa shape index (κ2) is 14.8. The standard InChI is InChI=1S/C37H49N5O10S/c1-21-16-22(2)50-15-7-8-24-19-37(24,34(45)41-53(47,48)27-10-11-27)40-31(43)29-18-26(20-42(29)33(44)30(21)39-35(46)52-36(3,4)5)51-32-28-12-9-25(49-6)17-23(28)13-14-38-32/h7-9,12-14,17,21-22,24,26-27,29-30H,10-11,15-16,18-20H2,1-6H3,(H,39,46)(H,40,43)(H,41,45). The molecule has 1 saturated heterocycles. The zero-order valence-corrected chi connectivity index (χ0v) is 31.7. The molecule has 2 aliphatic carbocycles. The molecule has 288 valence electrons. The molecule has 3 heterocycles. The minimum atomic E-state index is -3.92. The molecule has 0 spiro atoms. The van der Waals surface area contributed by atoms with E-state index < -0.39 is 80.3 Å². The average Bonchev–Trinajstić information content (AvgIpc) is 4.01. The van der Waals surface area contributed by atoms with E-state index in [-0.39, 0.29) is 32.1 Å². The van der Waals surface area contributed by atoms with Crippen molar-refractivity contribution in [3.8, 4) is 11.6 Å². The fourth-order valence-electron chi connectivity index (χ4n) is 7.08. The minimum absolute atomic E-state index is 0.0252.